The summed E-state index contributed by atoms with van der Waals surface area (Å²) in [5, 5.41) is 35.6. The van der Waals surface area contributed by atoms with Crippen LogP contribution in [0.15, 0.2) is 84.9 Å². The number of hydrogen-bond donors (Lipinski definition) is 3. The average Bonchev–Trinajstić information content (AvgIpc) is 2.81. The fourth-order valence-electron chi connectivity index (χ4n) is 5.43. The lowest BCUT2D eigenvalue weighted by molar-refractivity contribution is -0.157. The smallest absolute Gasteiger partial charge is 0.318 e. The van der Waals surface area contributed by atoms with Gasteiger partial charge in [0, 0.05) is 11.8 Å². The van der Waals surface area contributed by atoms with Gasteiger partial charge in [-0.2, -0.15) is 0 Å². The van der Waals surface area contributed by atoms with Crippen LogP contribution in [0.3, 0.4) is 0 Å². The Kier molecular flexibility index (Phi) is 3.82. The number of ether oxygens (including phenoxy) is 1. The second-order valence-electron chi connectivity index (χ2n) is 8.56. The van der Waals surface area contributed by atoms with Crippen LogP contribution in [0.5, 0.6) is 11.5 Å². The summed E-state index contributed by atoms with van der Waals surface area (Å²) in [5.74, 6) is -1.25. The summed E-state index contributed by atoms with van der Waals surface area (Å²) >= 11 is 0. The Bertz CT molecular complexity index is 1410. The van der Waals surface area contributed by atoms with Gasteiger partial charge in [-0.1, -0.05) is 66.7 Å². The first-order valence-corrected chi connectivity index (χ1v) is 10.5. The topological polar surface area (TPSA) is 87.0 Å². The molecule has 0 aromatic heterocycles. The maximum atomic E-state index is 13.5. The number of phenols is 1. The first kappa shape index (κ1) is 19.0. The number of aliphatic hydroxyl groups is 2. The van der Waals surface area contributed by atoms with Crippen molar-refractivity contribution in [3.63, 3.8) is 0 Å². The van der Waals surface area contributed by atoms with Crippen LogP contribution in [0.2, 0.25) is 0 Å². The van der Waals surface area contributed by atoms with E-state index in [1.807, 2.05) is 36.4 Å². The molecule has 0 saturated heterocycles. The first-order valence-electron chi connectivity index (χ1n) is 10.5. The molecule has 7 rings (SSSR count). The number of rotatable bonds is 2. The second-order valence-corrected chi connectivity index (χ2v) is 8.56. The molecule has 3 aliphatic rings. The van der Waals surface area contributed by atoms with Crippen molar-refractivity contribution < 1.29 is 24.9 Å². The average molecular weight is 424 g/mol. The molecule has 0 amide bonds. The quantitative estimate of drug-likeness (QED) is 0.335. The van der Waals surface area contributed by atoms with Gasteiger partial charge < -0.3 is 20.1 Å². The Morgan fingerprint density at radius 3 is 2.34 bits per heavy atom. The normalized spacial score (nSPS) is 25.2. The standard InChI is InChI=1S/C27H20O5/c28-17-12-13-21-22(14-17)26(30)15-23(27(21,31)20-10-4-3-9-19(20)26)25(29)32-24-11-5-7-16-6-1-2-8-18(16)24/h1-14,23,28,30-31H,15H2. The predicted molar refractivity (Wildman–Crippen MR) is 118 cm³/mol. The molecule has 4 aromatic carbocycles. The van der Waals surface area contributed by atoms with Gasteiger partial charge in [-0.3, -0.25) is 4.79 Å². The summed E-state index contributed by atoms with van der Waals surface area (Å²) in [4.78, 5) is 13.5. The van der Waals surface area contributed by atoms with E-state index in [-0.39, 0.29) is 12.2 Å². The molecule has 158 valence electrons. The van der Waals surface area contributed by atoms with Gasteiger partial charge in [-0.15, -0.1) is 0 Å². The third-order valence-corrected chi connectivity index (χ3v) is 6.89. The minimum atomic E-state index is -1.69. The van der Waals surface area contributed by atoms with E-state index in [4.69, 9.17) is 4.74 Å². The zero-order valence-corrected chi connectivity index (χ0v) is 17.0. The number of phenolic OH excluding ortho intramolecular Hbond substituents is 1. The minimum absolute atomic E-state index is 0.0133. The Morgan fingerprint density at radius 2 is 1.50 bits per heavy atom. The molecule has 4 aromatic rings. The number of fused-ring (bicyclic) bond motifs is 2. The number of aromatic hydroxyl groups is 1. The summed E-state index contributed by atoms with van der Waals surface area (Å²) in [5.41, 5.74) is -1.39. The Morgan fingerprint density at radius 1 is 0.812 bits per heavy atom. The third-order valence-electron chi connectivity index (χ3n) is 6.89. The van der Waals surface area contributed by atoms with E-state index in [1.54, 1.807) is 36.4 Å². The van der Waals surface area contributed by atoms with Gasteiger partial charge >= 0.3 is 5.97 Å². The zero-order chi connectivity index (χ0) is 22.1. The van der Waals surface area contributed by atoms with Gasteiger partial charge in [0.1, 0.15) is 22.7 Å². The van der Waals surface area contributed by atoms with Crippen molar-refractivity contribution in [3.8, 4) is 11.5 Å². The number of hydrogen-bond acceptors (Lipinski definition) is 5. The molecule has 3 aliphatic carbocycles. The van der Waals surface area contributed by atoms with Crippen LogP contribution >= 0.6 is 0 Å². The Labute approximate surface area is 184 Å². The molecule has 0 heterocycles. The molecule has 5 heteroatoms. The first-order chi connectivity index (χ1) is 15.4. The maximum Gasteiger partial charge on any atom is 0.318 e. The van der Waals surface area contributed by atoms with Crippen molar-refractivity contribution in [1.29, 1.82) is 0 Å². The third kappa shape index (κ3) is 2.38. The van der Waals surface area contributed by atoms with Crippen molar-refractivity contribution >= 4 is 16.7 Å². The highest BCUT2D eigenvalue weighted by Gasteiger charge is 2.62. The summed E-state index contributed by atoms with van der Waals surface area (Å²) in [6, 6.07) is 24.6. The second kappa shape index (κ2) is 6.42. The van der Waals surface area contributed by atoms with Crippen LogP contribution in [-0.4, -0.2) is 21.3 Å². The molecule has 2 bridgehead atoms. The van der Waals surface area contributed by atoms with Gasteiger partial charge in [-0.25, -0.2) is 0 Å². The van der Waals surface area contributed by atoms with Crippen molar-refractivity contribution in [2.24, 2.45) is 5.92 Å². The summed E-state index contributed by atoms with van der Waals surface area (Å²) in [7, 11) is 0. The van der Waals surface area contributed by atoms with E-state index >= 15 is 0 Å². The lowest BCUT2D eigenvalue weighted by Gasteiger charge is -2.53. The van der Waals surface area contributed by atoms with Gasteiger partial charge in [0.2, 0.25) is 0 Å². The highest BCUT2D eigenvalue weighted by atomic mass is 16.5. The van der Waals surface area contributed by atoms with Crippen molar-refractivity contribution in [2.45, 2.75) is 17.6 Å². The molecule has 0 saturated carbocycles. The monoisotopic (exact) mass is 424 g/mol. The van der Waals surface area contributed by atoms with E-state index < -0.39 is 23.1 Å². The van der Waals surface area contributed by atoms with E-state index in [0.717, 1.165) is 10.8 Å². The fraction of sp³-hybridized carbons (Fsp3) is 0.148. The molecule has 0 aliphatic heterocycles. The van der Waals surface area contributed by atoms with Crippen LogP contribution in [-0.2, 0) is 16.0 Å². The largest absolute Gasteiger partial charge is 0.508 e. The summed E-state index contributed by atoms with van der Waals surface area (Å²) < 4.78 is 5.82. The lowest BCUT2D eigenvalue weighted by atomic mass is 9.54. The SMILES string of the molecule is O=C(Oc1cccc2ccccc12)C1CC2(O)c3ccccc3C1(O)c1ccc(O)cc12. The van der Waals surface area contributed by atoms with Crippen LogP contribution in [0.1, 0.15) is 28.7 Å². The predicted octanol–water partition coefficient (Wildman–Crippen LogP) is 3.96. The Hall–Kier alpha value is -3.67. The highest BCUT2D eigenvalue weighted by molar-refractivity contribution is 5.91. The fourth-order valence-corrected chi connectivity index (χ4v) is 5.43. The molecule has 0 fully saturated rings. The maximum absolute atomic E-state index is 13.5. The molecule has 3 N–H and O–H groups in total. The highest BCUT2D eigenvalue weighted by Crippen LogP contribution is 2.60. The molecular formula is C27H20O5. The Balaban J connectivity index is 1.50. The number of benzene rings is 4. The molecule has 5 nitrogen and oxygen atoms in total. The number of carbonyl (C=O) groups is 1. The van der Waals surface area contributed by atoms with E-state index in [9.17, 15) is 20.1 Å². The van der Waals surface area contributed by atoms with Gasteiger partial charge in [0.15, 0.2) is 0 Å². The molecule has 3 unspecified atom stereocenters. The lowest BCUT2D eigenvalue weighted by Crippen LogP contribution is -2.57. The number of esters is 1. The van der Waals surface area contributed by atoms with Crippen LogP contribution in [0.4, 0.5) is 0 Å². The van der Waals surface area contributed by atoms with E-state index in [0.29, 0.717) is 28.0 Å². The summed E-state index contributed by atoms with van der Waals surface area (Å²) in [6.07, 6.45) is -0.0550. The summed E-state index contributed by atoms with van der Waals surface area (Å²) in [6.45, 7) is 0. The zero-order valence-electron chi connectivity index (χ0n) is 17.0. The molecule has 0 spiro atoms. The van der Waals surface area contributed by atoms with Crippen LogP contribution in [0.25, 0.3) is 10.8 Å². The van der Waals surface area contributed by atoms with Gasteiger partial charge in [0.05, 0.1) is 5.92 Å². The number of carbonyl (C=O) groups excluding carboxylic acids is 1. The van der Waals surface area contributed by atoms with E-state index in [2.05, 4.69) is 0 Å². The van der Waals surface area contributed by atoms with Crippen LogP contribution < -0.4 is 4.74 Å². The van der Waals surface area contributed by atoms with E-state index in [1.165, 1.54) is 12.1 Å². The molecular weight excluding hydrogens is 404 g/mol. The van der Waals surface area contributed by atoms with Crippen molar-refractivity contribution in [2.75, 3.05) is 0 Å². The van der Waals surface area contributed by atoms with Gasteiger partial charge in [0.25, 0.3) is 0 Å². The van der Waals surface area contributed by atoms with Gasteiger partial charge in [-0.05, 0) is 45.8 Å². The van der Waals surface area contributed by atoms with Crippen molar-refractivity contribution in [3.05, 3.63) is 107 Å². The minimum Gasteiger partial charge on any atom is -0.508 e. The molecule has 32 heavy (non-hydrogen) atoms. The molecule has 0 radical (unpaired) electrons. The van der Waals surface area contributed by atoms with Crippen molar-refractivity contribution in [1.82, 2.24) is 0 Å². The van der Waals surface area contributed by atoms with Crippen LogP contribution in [0, 0.1) is 5.92 Å². The molecule has 3 atom stereocenters.